The van der Waals surface area contributed by atoms with Crippen molar-refractivity contribution in [2.45, 2.75) is 45.6 Å². The van der Waals surface area contributed by atoms with Gasteiger partial charge >= 0.3 is 5.97 Å². The number of carbonyl (C=O) groups excluding carboxylic acids is 2. The van der Waals surface area contributed by atoms with Crippen LogP contribution in [0.5, 0.6) is 11.5 Å². The van der Waals surface area contributed by atoms with Gasteiger partial charge in [0, 0.05) is 4.88 Å². The van der Waals surface area contributed by atoms with Crippen LogP contribution >= 0.6 is 11.3 Å². The predicted octanol–water partition coefficient (Wildman–Crippen LogP) is 4.22. The lowest BCUT2D eigenvalue weighted by atomic mass is 9.95. The first-order valence-corrected chi connectivity index (χ1v) is 10.3. The molecule has 1 N–H and O–H groups in total. The Kier molecular flexibility index (Phi) is 6.57. The van der Waals surface area contributed by atoms with E-state index in [0.29, 0.717) is 28.7 Å². The third kappa shape index (κ3) is 4.30. The van der Waals surface area contributed by atoms with Gasteiger partial charge in [-0.1, -0.05) is 12.1 Å². The smallest absolute Gasteiger partial charge is 0.341 e. The largest absolute Gasteiger partial charge is 0.493 e. The van der Waals surface area contributed by atoms with E-state index in [2.05, 4.69) is 5.32 Å². The number of hydrogen-bond donors (Lipinski definition) is 1. The van der Waals surface area contributed by atoms with Crippen molar-refractivity contribution in [2.75, 3.05) is 19.0 Å². The minimum Gasteiger partial charge on any atom is -0.493 e. The molecular weight excluding hydrogens is 378 g/mol. The molecule has 150 valence electrons. The molecule has 1 aliphatic rings. The van der Waals surface area contributed by atoms with Gasteiger partial charge in [0.05, 0.1) is 19.3 Å². The number of thiophene rings is 1. The first kappa shape index (κ1) is 20.2. The molecule has 3 rings (SSSR count). The molecule has 0 aliphatic heterocycles. The van der Waals surface area contributed by atoms with Crippen LogP contribution in [-0.2, 0) is 22.4 Å². The van der Waals surface area contributed by atoms with Crippen molar-refractivity contribution in [3.8, 4) is 11.5 Å². The number of rotatable bonds is 7. The minimum absolute atomic E-state index is 0.296. The van der Waals surface area contributed by atoms with Crippen LogP contribution in [-0.4, -0.2) is 31.7 Å². The van der Waals surface area contributed by atoms with Crippen LogP contribution in [0.3, 0.4) is 0 Å². The molecule has 0 saturated carbocycles. The van der Waals surface area contributed by atoms with Crippen LogP contribution in [0, 0.1) is 0 Å². The number of methoxy groups -OCH3 is 1. The number of fused-ring (bicyclic) bond motifs is 1. The van der Waals surface area contributed by atoms with Gasteiger partial charge < -0.3 is 19.5 Å². The molecule has 0 bridgehead atoms. The average Bonchev–Trinajstić information content (AvgIpc) is 3.06. The molecule has 1 unspecified atom stereocenters. The predicted molar refractivity (Wildman–Crippen MR) is 109 cm³/mol. The maximum atomic E-state index is 12.7. The summed E-state index contributed by atoms with van der Waals surface area (Å²) >= 11 is 1.46. The third-order valence-electron chi connectivity index (χ3n) is 4.63. The minimum atomic E-state index is -0.759. The van der Waals surface area contributed by atoms with E-state index in [1.165, 1.54) is 11.3 Å². The molecule has 0 saturated heterocycles. The molecular formula is C21H25NO5S. The zero-order valence-corrected chi connectivity index (χ0v) is 17.2. The third-order valence-corrected chi connectivity index (χ3v) is 5.84. The highest BCUT2D eigenvalue weighted by Crippen LogP contribution is 2.38. The number of nitrogens with one attached hydrogen (secondary N) is 1. The zero-order chi connectivity index (χ0) is 20.1. The summed E-state index contributed by atoms with van der Waals surface area (Å²) in [6, 6.07) is 7.16. The van der Waals surface area contributed by atoms with Crippen molar-refractivity contribution >= 4 is 28.2 Å². The fraction of sp³-hybridized carbons (Fsp3) is 0.429. The molecule has 1 aromatic heterocycles. The summed E-state index contributed by atoms with van der Waals surface area (Å²) < 4.78 is 16.3. The Hall–Kier alpha value is -2.54. The molecule has 6 nitrogen and oxygen atoms in total. The van der Waals surface area contributed by atoms with E-state index < -0.39 is 6.10 Å². The average molecular weight is 404 g/mol. The van der Waals surface area contributed by atoms with E-state index in [4.69, 9.17) is 14.2 Å². The van der Waals surface area contributed by atoms with Crippen LogP contribution < -0.4 is 14.8 Å². The SMILES string of the molecule is CCOC(=O)c1c(NC(=O)C(C)Oc2ccccc2OC)sc2c1CCCC2. The number of esters is 1. The highest BCUT2D eigenvalue weighted by Gasteiger charge is 2.28. The molecule has 2 aromatic rings. The van der Waals surface area contributed by atoms with Crippen LogP contribution in [0.25, 0.3) is 0 Å². The first-order chi connectivity index (χ1) is 13.5. The van der Waals surface area contributed by atoms with Crippen molar-refractivity contribution in [1.82, 2.24) is 0 Å². The Morgan fingerprint density at radius 1 is 1.18 bits per heavy atom. The highest BCUT2D eigenvalue weighted by molar-refractivity contribution is 7.17. The van der Waals surface area contributed by atoms with E-state index in [1.54, 1.807) is 33.1 Å². The van der Waals surface area contributed by atoms with Crippen molar-refractivity contribution in [3.63, 3.8) is 0 Å². The van der Waals surface area contributed by atoms with Crippen LogP contribution in [0.2, 0.25) is 0 Å². The summed E-state index contributed by atoms with van der Waals surface area (Å²) in [5.41, 5.74) is 1.52. The topological polar surface area (TPSA) is 73.9 Å². The van der Waals surface area contributed by atoms with E-state index >= 15 is 0 Å². The summed E-state index contributed by atoms with van der Waals surface area (Å²) in [5, 5.41) is 3.42. The zero-order valence-electron chi connectivity index (χ0n) is 16.4. The Morgan fingerprint density at radius 3 is 2.61 bits per heavy atom. The molecule has 1 aliphatic carbocycles. The summed E-state index contributed by atoms with van der Waals surface area (Å²) in [5.74, 6) is 0.343. The second-order valence-corrected chi connectivity index (χ2v) is 7.64. The van der Waals surface area contributed by atoms with E-state index in [0.717, 1.165) is 36.1 Å². The number of hydrogen-bond acceptors (Lipinski definition) is 6. The molecule has 0 fully saturated rings. The lowest BCUT2D eigenvalue weighted by Gasteiger charge is -2.16. The van der Waals surface area contributed by atoms with E-state index in [1.807, 2.05) is 12.1 Å². The van der Waals surface area contributed by atoms with Gasteiger partial charge in [-0.2, -0.15) is 0 Å². The molecule has 7 heteroatoms. The van der Waals surface area contributed by atoms with Gasteiger partial charge in [-0.05, 0) is 57.2 Å². The Morgan fingerprint density at radius 2 is 1.89 bits per heavy atom. The molecule has 1 aromatic carbocycles. The maximum absolute atomic E-state index is 12.7. The number of benzene rings is 1. The van der Waals surface area contributed by atoms with Gasteiger partial charge in [0.15, 0.2) is 17.6 Å². The van der Waals surface area contributed by atoms with Gasteiger partial charge in [-0.15, -0.1) is 11.3 Å². The van der Waals surface area contributed by atoms with E-state index in [-0.39, 0.29) is 11.9 Å². The van der Waals surface area contributed by atoms with Gasteiger partial charge in [0.25, 0.3) is 5.91 Å². The van der Waals surface area contributed by atoms with Crippen molar-refractivity contribution < 1.29 is 23.8 Å². The quantitative estimate of drug-likeness (QED) is 0.701. The number of anilines is 1. The second kappa shape index (κ2) is 9.10. The first-order valence-electron chi connectivity index (χ1n) is 9.47. The van der Waals surface area contributed by atoms with Gasteiger partial charge in [0.1, 0.15) is 5.00 Å². The molecule has 1 amide bonds. The lowest BCUT2D eigenvalue weighted by Crippen LogP contribution is -2.30. The highest BCUT2D eigenvalue weighted by atomic mass is 32.1. The fourth-order valence-electron chi connectivity index (χ4n) is 3.25. The molecule has 0 spiro atoms. The number of ether oxygens (including phenoxy) is 3. The van der Waals surface area contributed by atoms with Gasteiger partial charge in [-0.3, -0.25) is 4.79 Å². The Bertz CT molecular complexity index is 860. The van der Waals surface area contributed by atoms with Gasteiger partial charge in [-0.25, -0.2) is 4.79 Å². The summed E-state index contributed by atoms with van der Waals surface area (Å²) in [4.78, 5) is 26.4. The summed E-state index contributed by atoms with van der Waals surface area (Å²) in [6.45, 7) is 3.74. The van der Waals surface area contributed by atoms with Crippen molar-refractivity contribution in [1.29, 1.82) is 0 Å². The molecule has 28 heavy (non-hydrogen) atoms. The monoisotopic (exact) mass is 403 g/mol. The summed E-state index contributed by atoms with van der Waals surface area (Å²) in [6.07, 6.45) is 3.14. The van der Waals surface area contributed by atoms with Crippen LogP contribution in [0.1, 0.15) is 47.5 Å². The number of amides is 1. The second-order valence-electron chi connectivity index (χ2n) is 6.54. The number of para-hydroxylation sites is 2. The van der Waals surface area contributed by atoms with Gasteiger partial charge in [0.2, 0.25) is 0 Å². The molecule has 1 heterocycles. The Labute approximate surface area is 168 Å². The number of aryl methyl sites for hydroxylation is 1. The van der Waals surface area contributed by atoms with Crippen molar-refractivity contribution in [3.05, 3.63) is 40.3 Å². The molecule has 0 radical (unpaired) electrons. The standard InChI is InChI=1S/C21H25NO5S/c1-4-26-21(24)18-14-9-5-8-12-17(14)28-20(18)22-19(23)13(2)27-16-11-7-6-10-15(16)25-3/h6-7,10-11,13H,4-5,8-9,12H2,1-3H3,(H,22,23). The fourth-order valence-corrected chi connectivity index (χ4v) is 4.53. The normalized spacial score (nSPS) is 14.0. The maximum Gasteiger partial charge on any atom is 0.341 e. The molecule has 1 atom stereocenters. The van der Waals surface area contributed by atoms with E-state index in [9.17, 15) is 9.59 Å². The number of carbonyl (C=O) groups is 2. The summed E-state index contributed by atoms with van der Waals surface area (Å²) in [7, 11) is 1.55. The van der Waals surface area contributed by atoms with Crippen LogP contribution in [0.15, 0.2) is 24.3 Å². The van der Waals surface area contributed by atoms with Crippen molar-refractivity contribution in [2.24, 2.45) is 0 Å². The lowest BCUT2D eigenvalue weighted by molar-refractivity contribution is -0.122. The Balaban J connectivity index is 1.79. The van der Waals surface area contributed by atoms with Crippen LogP contribution in [0.4, 0.5) is 5.00 Å².